The first-order chi connectivity index (χ1) is 13.8. The highest BCUT2D eigenvalue weighted by atomic mass is 32.2. The molecular formula is C21H29N3O4S. The zero-order chi connectivity index (χ0) is 21.6. The number of rotatable bonds is 9. The van der Waals surface area contributed by atoms with E-state index in [0.29, 0.717) is 33.7 Å². The van der Waals surface area contributed by atoms with Crippen LogP contribution in [0.25, 0.3) is 11.3 Å². The molecule has 0 aliphatic rings. The summed E-state index contributed by atoms with van der Waals surface area (Å²) in [5, 5.41) is 9.26. The van der Waals surface area contributed by atoms with Crippen molar-refractivity contribution in [3.8, 4) is 28.5 Å². The molecule has 2 rings (SSSR count). The van der Waals surface area contributed by atoms with E-state index < -0.39 is 0 Å². The van der Waals surface area contributed by atoms with Gasteiger partial charge in [-0.25, -0.2) is 0 Å². The van der Waals surface area contributed by atoms with Crippen LogP contribution < -0.4 is 14.2 Å². The predicted octanol–water partition coefficient (Wildman–Crippen LogP) is 3.91. The summed E-state index contributed by atoms with van der Waals surface area (Å²) in [4.78, 5) is 14.4. The van der Waals surface area contributed by atoms with Crippen molar-refractivity contribution in [1.29, 1.82) is 0 Å². The summed E-state index contributed by atoms with van der Waals surface area (Å²) < 4.78 is 16.1. The zero-order valence-corrected chi connectivity index (χ0v) is 18.9. The molecule has 0 saturated carbocycles. The van der Waals surface area contributed by atoms with Crippen LogP contribution in [-0.4, -0.2) is 60.2 Å². The standard InChI is InChI=1S/C21H29N3O4S/c1-13(2)24(14(3)4)20(25)12-29-19-9-8-16(22-23-19)15-10-17(26-5)21(28-7)18(11-15)27-6/h8-11,13-14H,12H2,1-7H3. The lowest BCUT2D eigenvalue weighted by atomic mass is 10.1. The number of benzene rings is 1. The molecule has 1 aromatic heterocycles. The summed E-state index contributed by atoms with van der Waals surface area (Å²) in [6, 6.07) is 7.70. The lowest BCUT2D eigenvalue weighted by molar-refractivity contribution is -0.131. The third-order valence-corrected chi connectivity index (χ3v) is 5.25. The molecule has 158 valence electrons. The van der Waals surface area contributed by atoms with Gasteiger partial charge >= 0.3 is 0 Å². The smallest absolute Gasteiger partial charge is 0.233 e. The summed E-state index contributed by atoms with van der Waals surface area (Å²) in [7, 11) is 4.70. The highest BCUT2D eigenvalue weighted by Gasteiger charge is 2.20. The van der Waals surface area contributed by atoms with Gasteiger partial charge in [0.05, 0.1) is 32.8 Å². The van der Waals surface area contributed by atoms with Crippen molar-refractivity contribution >= 4 is 17.7 Å². The zero-order valence-electron chi connectivity index (χ0n) is 18.1. The van der Waals surface area contributed by atoms with Crippen molar-refractivity contribution in [2.45, 2.75) is 44.8 Å². The Morgan fingerprint density at radius 2 is 1.55 bits per heavy atom. The van der Waals surface area contributed by atoms with Crippen molar-refractivity contribution in [3.63, 3.8) is 0 Å². The Kier molecular flexibility index (Phi) is 8.13. The maximum Gasteiger partial charge on any atom is 0.233 e. The molecule has 0 saturated heterocycles. The van der Waals surface area contributed by atoms with Crippen molar-refractivity contribution in [2.75, 3.05) is 27.1 Å². The number of thioether (sulfide) groups is 1. The molecule has 29 heavy (non-hydrogen) atoms. The fraction of sp³-hybridized carbons (Fsp3) is 0.476. The van der Waals surface area contributed by atoms with E-state index in [1.165, 1.54) is 11.8 Å². The Hall–Kier alpha value is -2.48. The van der Waals surface area contributed by atoms with E-state index in [-0.39, 0.29) is 18.0 Å². The summed E-state index contributed by atoms with van der Waals surface area (Å²) in [5.74, 6) is 2.05. The Bertz CT molecular complexity index is 792. The van der Waals surface area contributed by atoms with Crippen LogP contribution in [0, 0.1) is 0 Å². The van der Waals surface area contributed by atoms with Crippen molar-refractivity contribution in [3.05, 3.63) is 24.3 Å². The fourth-order valence-corrected chi connectivity index (χ4v) is 3.85. The number of hydrogen-bond donors (Lipinski definition) is 0. The van der Waals surface area contributed by atoms with Gasteiger partial charge in [0.2, 0.25) is 11.7 Å². The molecule has 1 aromatic carbocycles. The van der Waals surface area contributed by atoms with Gasteiger partial charge in [-0.1, -0.05) is 11.8 Å². The number of ether oxygens (including phenoxy) is 3. The average molecular weight is 420 g/mol. The lowest BCUT2D eigenvalue weighted by Gasteiger charge is -2.30. The minimum Gasteiger partial charge on any atom is -0.493 e. The van der Waals surface area contributed by atoms with Crippen LogP contribution in [-0.2, 0) is 4.79 Å². The number of methoxy groups -OCH3 is 3. The number of hydrogen-bond acceptors (Lipinski definition) is 7. The topological polar surface area (TPSA) is 73.8 Å². The van der Waals surface area contributed by atoms with E-state index >= 15 is 0 Å². The van der Waals surface area contributed by atoms with Crippen LogP contribution >= 0.6 is 11.8 Å². The first-order valence-electron chi connectivity index (χ1n) is 9.40. The van der Waals surface area contributed by atoms with Crippen LogP contribution in [0.3, 0.4) is 0 Å². The monoisotopic (exact) mass is 419 g/mol. The van der Waals surface area contributed by atoms with Gasteiger partial charge in [-0.05, 0) is 52.0 Å². The number of carbonyl (C=O) groups is 1. The number of amides is 1. The first kappa shape index (κ1) is 22.8. The molecule has 2 aromatic rings. The summed E-state index contributed by atoms with van der Waals surface area (Å²) >= 11 is 1.38. The second-order valence-electron chi connectivity index (χ2n) is 6.95. The SMILES string of the molecule is COc1cc(-c2ccc(SCC(=O)N(C(C)C)C(C)C)nn2)cc(OC)c1OC. The Balaban J connectivity index is 2.16. The maximum absolute atomic E-state index is 12.5. The second-order valence-corrected chi connectivity index (χ2v) is 7.94. The fourth-order valence-electron chi connectivity index (χ4n) is 3.16. The summed E-state index contributed by atoms with van der Waals surface area (Å²) in [6.07, 6.45) is 0. The van der Waals surface area contributed by atoms with Gasteiger partial charge in [-0.3, -0.25) is 4.79 Å². The minimum atomic E-state index is 0.0931. The van der Waals surface area contributed by atoms with E-state index in [1.54, 1.807) is 21.3 Å². The molecule has 0 aliphatic heterocycles. The number of carbonyl (C=O) groups excluding carboxylic acids is 1. The molecule has 0 aliphatic carbocycles. The molecule has 0 bridgehead atoms. The van der Waals surface area contributed by atoms with Crippen LogP contribution in [0.5, 0.6) is 17.2 Å². The quantitative estimate of drug-likeness (QED) is 0.571. The van der Waals surface area contributed by atoms with Crippen LogP contribution in [0.15, 0.2) is 29.3 Å². The number of nitrogens with zero attached hydrogens (tertiary/aromatic N) is 3. The summed E-state index contributed by atoms with van der Waals surface area (Å²) in [5.41, 5.74) is 1.47. The Labute approximate surface area is 176 Å². The first-order valence-corrected chi connectivity index (χ1v) is 10.4. The lowest BCUT2D eigenvalue weighted by Crippen LogP contribution is -2.43. The van der Waals surface area contributed by atoms with E-state index in [1.807, 2.05) is 56.9 Å². The molecule has 8 heteroatoms. The highest BCUT2D eigenvalue weighted by Crippen LogP contribution is 2.40. The highest BCUT2D eigenvalue weighted by molar-refractivity contribution is 7.99. The van der Waals surface area contributed by atoms with Gasteiger partial charge in [0.15, 0.2) is 11.5 Å². The van der Waals surface area contributed by atoms with Gasteiger partial charge in [0.25, 0.3) is 0 Å². The molecule has 0 atom stereocenters. The summed E-state index contributed by atoms with van der Waals surface area (Å²) in [6.45, 7) is 8.09. The Morgan fingerprint density at radius 1 is 0.966 bits per heavy atom. The number of aromatic nitrogens is 2. The van der Waals surface area contributed by atoms with Crippen LogP contribution in [0.1, 0.15) is 27.7 Å². The van der Waals surface area contributed by atoms with Crippen molar-refractivity contribution in [2.24, 2.45) is 0 Å². The van der Waals surface area contributed by atoms with Gasteiger partial charge in [0.1, 0.15) is 5.03 Å². The predicted molar refractivity (Wildman–Crippen MR) is 115 cm³/mol. The molecule has 0 spiro atoms. The van der Waals surface area contributed by atoms with Crippen molar-refractivity contribution < 1.29 is 19.0 Å². The van der Waals surface area contributed by atoms with Crippen molar-refractivity contribution in [1.82, 2.24) is 15.1 Å². The molecule has 1 heterocycles. The van der Waals surface area contributed by atoms with Crippen LogP contribution in [0.2, 0.25) is 0 Å². The van der Waals surface area contributed by atoms with Gasteiger partial charge in [0, 0.05) is 17.6 Å². The maximum atomic E-state index is 12.5. The average Bonchev–Trinajstić information content (AvgIpc) is 2.70. The minimum absolute atomic E-state index is 0.0931. The van der Waals surface area contributed by atoms with Gasteiger partial charge in [-0.15, -0.1) is 10.2 Å². The van der Waals surface area contributed by atoms with Gasteiger partial charge < -0.3 is 19.1 Å². The van der Waals surface area contributed by atoms with E-state index in [0.717, 1.165) is 5.56 Å². The third kappa shape index (κ3) is 5.53. The van der Waals surface area contributed by atoms with E-state index in [2.05, 4.69) is 10.2 Å². The molecule has 0 radical (unpaired) electrons. The molecule has 1 amide bonds. The Morgan fingerprint density at radius 3 is 1.97 bits per heavy atom. The van der Waals surface area contributed by atoms with Gasteiger partial charge in [-0.2, -0.15) is 0 Å². The molecule has 0 unspecified atom stereocenters. The van der Waals surface area contributed by atoms with E-state index in [9.17, 15) is 4.79 Å². The molecule has 0 N–H and O–H groups in total. The molecule has 0 fully saturated rings. The van der Waals surface area contributed by atoms with E-state index in [4.69, 9.17) is 14.2 Å². The second kappa shape index (κ2) is 10.3. The normalized spacial score (nSPS) is 10.9. The molecular weight excluding hydrogens is 390 g/mol. The molecule has 7 nitrogen and oxygen atoms in total. The third-order valence-electron chi connectivity index (χ3n) is 4.34. The van der Waals surface area contributed by atoms with Crippen LogP contribution in [0.4, 0.5) is 0 Å². The largest absolute Gasteiger partial charge is 0.493 e.